The number of aliphatic carboxylic acids is 1. The van der Waals surface area contributed by atoms with Gasteiger partial charge in [0.15, 0.2) is 0 Å². The van der Waals surface area contributed by atoms with Gasteiger partial charge in [0.25, 0.3) is 0 Å². The van der Waals surface area contributed by atoms with Gasteiger partial charge in [0.2, 0.25) is 0 Å². The first kappa shape index (κ1) is 8.46. The minimum absolute atomic E-state index is 0.829. The molecule has 1 aromatic heterocycles. The van der Waals surface area contributed by atoms with E-state index in [1.54, 1.807) is 12.3 Å². The normalized spacial score (nSPS) is 10.4. The number of hydrogen-bond acceptors (Lipinski definition) is 2. The van der Waals surface area contributed by atoms with E-state index in [-0.39, 0.29) is 0 Å². The summed E-state index contributed by atoms with van der Waals surface area (Å²) in [5.41, 5.74) is 1.66. The van der Waals surface area contributed by atoms with Crippen LogP contribution in [0.3, 0.4) is 0 Å². The molecule has 0 amide bonds. The number of carboxylic acids is 1. The van der Waals surface area contributed by atoms with Crippen LogP contribution in [0.25, 0.3) is 6.08 Å². The first-order valence-corrected chi connectivity index (χ1v) is 3.53. The zero-order valence-electron chi connectivity index (χ0n) is 6.69. The summed E-state index contributed by atoms with van der Waals surface area (Å²) in [6.07, 6.45) is 4.31. The second kappa shape index (κ2) is 3.67. The fourth-order valence-corrected chi connectivity index (χ4v) is 0.834. The van der Waals surface area contributed by atoms with Crippen LogP contribution in [-0.2, 0) is 4.79 Å². The molecule has 0 atom stereocenters. The van der Waals surface area contributed by atoms with Gasteiger partial charge < -0.3 is 5.11 Å². The van der Waals surface area contributed by atoms with E-state index in [0.717, 1.165) is 17.3 Å². The van der Waals surface area contributed by atoms with Gasteiger partial charge in [-0.05, 0) is 24.6 Å². The van der Waals surface area contributed by atoms with Crippen LogP contribution in [0.2, 0.25) is 0 Å². The Balaban J connectivity index is 2.89. The molecule has 3 heteroatoms. The fraction of sp³-hybridized carbons (Fsp3) is 0.111. The average Bonchev–Trinajstić information content (AvgIpc) is 2.03. The molecule has 0 saturated carbocycles. The molecule has 1 rings (SSSR count). The van der Waals surface area contributed by atoms with Crippen LogP contribution >= 0.6 is 0 Å². The maximum Gasteiger partial charge on any atom is 0.328 e. The minimum Gasteiger partial charge on any atom is -0.478 e. The van der Waals surface area contributed by atoms with E-state index in [4.69, 9.17) is 5.11 Å². The van der Waals surface area contributed by atoms with Gasteiger partial charge in [-0.1, -0.05) is 6.07 Å². The zero-order chi connectivity index (χ0) is 8.97. The number of aromatic nitrogens is 1. The standard InChI is InChI=1S/C9H9NO2/c1-7-8(3-2-6-10-7)4-5-9(11)12/h2-6H,1H3,(H,11,12)/b5-4+. The van der Waals surface area contributed by atoms with Gasteiger partial charge in [-0.25, -0.2) is 4.79 Å². The highest BCUT2D eigenvalue weighted by Gasteiger charge is 1.93. The summed E-state index contributed by atoms with van der Waals surface area (Å²) in [6, 6.07) is 3.59. The molecule has 1 heterocycles. The number of carboxylic acid groups (broad SMARTS) is 1. The van der Waals surface area contributed by atoms with E-state index in [1.165, 1.54) is 6.08 Å². The summed E-state index contributed by atoms with van der Waals surface area (Å²) in [7, 11) is 0. The zero-order valence-corrected chi connectivity index (χ0v) is 6.69. The van der Waals surface area contributed by atoms with Gasteiger partial charge >= 0.3 is 5.97 Å². The first-order chi connectivity index (χ1) is 5.70. The molecule has 0 aliphatic carbocycles. The summed E-state index contributed by atoms with van der Waals surface area (Å²) in [6.45, 7) is 1.83. The predicted molar refractivity (Wildman–Crippen MR) is 45.6 cm³/mol. The Labute approximate surface area is 70.4 Å². The Kier molecular flexibility index (Phi) is 2.58. The third kappa shape index (κ3) is 2.20. The van der Waals surface area contributed by atoms with Crippen molar-refractivity contribution in [3.63, 3.8) is 0 Å². The van der Waals surface area contributed by atoms with Gasteiger partial charge in [0.1, 0.15) is 0 Å². The number of hydrogen-bond donors (Lipinski definition) is 1. The molecule has 0 bridgehead atoms. The smallest absolute Gasteiger partial charge is 0.328 e. The van der Waals surface area contributed by atoms with Crippen molar-refractivity contribution < 1.29 is 9.90 Å². The van der Waals surface area contributed by atoms with Crippen LogP contribution < -0.4 is 0 Å². The molecular formula is C9H9NO2. The lowest BCUT2D eigenvalue weighted by atomic mass is 10.2. The third-order valence-corrected chi connectivity index (χ3v) is 1.45. The number of carbonyl (C=O) groups is 1. The third-order valence-electron chi connectivity index (χ3n) is 1.45. The highest BCUT2D eigenvalue weighted by Crippen LogP contribution is 2.05. The Morgan fingerprint density at radius 3 is 3.00 bits per heavy atom. The molecule has 0 aliphatic heterocycles. The molecule has 0 unspecified atom stereocenters. The lowest BCUT2D eigenvalue weighted by Crippen LogP contribution is -1.88. The number of rotatable bonds is 2. The molecular weight excluding hydrogens is 154 g/mol. The van der Waals surface area contributed by atoms with E-state index in [9.17, 15) is 4.79 Å². The Morgan fingerprint density at radius 1 is 1.67 bits per heavy atom. The van der Waals surface area contributed by atoms with Crippen molar-refractivity contribution in [1.82, 2.24) is 4.98 Å². The minimum atomic E-state index is -0.946. The Bertz CT molecular complexity index is 318. The van der Waals surface area contributed by atoms with Gasteiger partial charge in [-0.2, -0.15) is 0 Å². The molecule has 0 aromatic carbocycles. The molecule has 0 radical (unpaired) electrons. The number of aryl methyl sites for hydroxylation is 1. The topological polar surface area (TPSA) is 50.2 Å². The van der Waals surface area contributed by atoms with Crippen molar-refractivity contribution in [2.45, 2.75) is 6.92 Å². The fourth-order valence-electron chi connectivity index (χ4n) is 0.834. The highest BCUT2D eigenvalue weighted by atomic mass is 16.4. The Hall–Kier alpha value is -1.64. The van der Waals surface area contributed by atoms with Crippen LogP contribution in [0.5, 0.6) is 0 Å². The summed E-state index contributed by atoms with van der Waals surface area (Å²) in [5.74, 6) is -0.946. The van der Waals surface area contributed by atoms with Crippen LogP contribution in [-0.4, -0.2) is 16.1 Å². The van der Waals surface area contributed by atoms with E-state index >= 15 is 0 Å². The lowest BCUT2D eigenvalue weighted by Gasteiger charge is -1.95. The summed E-state index contributed by atoms with van der Waals surface area (Å²) in [4.78, 5) is 14.2. The number of nitrogens with zero attached hydrogens (tertiary/aromatic N) is 1. The van der Waals surface area contributed by atoms with Crippen LogP contribution in [0.1, 0.15) is 11.3 Å². The van der Waals surface area contributed by atoms with Crippen LogP contribution in [0, 0.1) is 6.92 Å². The maximum absolute atomic E-state index is 10.2. The summed E-state index contributed by atoms with van der Waals surface area (Å²) >= 11 is 0. The average molecular weight is 163 g/mol. The molecule has 12 heavy (non-hydrogen) atoms. The molecule has 0 fully saturated rings. The molecule has 0 aliphatic rings. The van der Waals surface area contributed by atoms with Gasteiger partial charge in [-0.15, -0.1) is 0 Å². The first-order valence-electron chi connectivity index (χ1n) is 3.53. The van der Waals surface area contributed by atoms with Crippen molar-refractivity contribution in [2.75, 3.05) is 0 Å². The monoisotopic (exact) mass is 163 g/mol. The van der Waals surface area contributed by atoms with E-state index in [2.05, 4.69) is 4.98 Å². The second-order valence-electron chi connectivity index (χ2n) is 2.35. The van der Waals surface area contributed by atoms with Crippen LogP contribution in [0.4, 0.5) is 0 Å². The maximum atomic E-state index is 10.2. The van der Waals surface area contributed by atoms with Gasteiger partial charge in [-0.3, -0.25) is 4.98 Å². The predicted octanol–water partition coefficient (Wildman–Crippen LogP) is 1.49. The SMILES string of the molecule is Cc1ncccc1/C=C/C(=O)O. The molecule has 0 saturated heterocycles. The largest absolute Gasteiger partial charge is 0.478 e. The Morgan fingerprint density at radius 2 is 2.42 bits per heavy atom. The molecule has 62 valence electrons. The van der Waals surface area contributed by atoms with Gasteiger partial charge in [0, 0.05) is 18.0 Å². The molecule has 0 spiro atoms. The molecule has 1 aromatic rings. The highest BCUT2D eigenvalue weighted by molar-refractivity contribution is 5.85. The summed E-state index contributed by atoms with van der Waals surface area (Å²) in [5, 5.41) is 8.36. The van der Waals surface area contributed by atoms with E-state index in [0.29, 0.717) is 0 Å². The number of pyridine rings is 1. The second-order valence-corrected chi connectivity index (χ2v) is 2.35. The van der Waals surface area contributed by atoms with Crippen molar-refractivity contribution in [1.29, 1.82) is 0 Å². The van der Waals surface area contributed by atoms with Crippen molar-refractivity contribution in [3.05, 3.63) is 35.7 Å². The van der Waals surface area contributed by atoms with Crippen molar-refractivity contribution in [2.24, 2.45) is 0 Å². The van der Waals surface area contributed by atoms with Crippen molar-refractivity contribution >= 4 is 12.0 Å². The van der Waals surface area contributed by atoms with E-state index < -0.39 is 5.97 Å². The molecule has 3 nitrogen and oxygen atoms in total. The quantitative estimate of drug-likeness (QED) is 0.672. The van der Waals surface area contributed by atoms with E-state index in [1.807, 2.05) is 13.0 Å². The molecule has 1 N–H and O–H groups in total. The van der Waals surface area contributed by atoms with Gasteiger partial charge in [0.05, 0.1) is 0 Å². The lowest BCUT2D eigenvalue weighted by molar-refractivity contribution is -0.131. The summed E-state index contributed by atoms with van der Waals surface area (Å²) < 4.78 is 0. The van der Waals surface area contributed by atoms with Crippen molar-refractivity contribution in [3.8, 4) is 0 Å². The van der Waals surface area contributed by atoms with Crippen LogP contribution in [0.15, 0.2) is 24.4 Å².